The molecule has 0 amide bonds. The Morgan fingerprint density at radius 2 is 1.57 bits per heavy atom. The maximum Gasteiger partial charge on any atom is 0.416 e. The number of hydrogen-bond acceptors (Lipinski definition) is 2. The van der Waals surface area contributed by atoms with Crippen LogP contribution in [-0.2, 0) is 12.7 Å². The fraction of sp³-hybridized carbons (Fsp3) is 0.250. The number of alkyl halides is 3. The molecule has 1 unspecified atom stereocenters. The quantitative estimate of drug-likeness (QED) is 0.886. The second kappa shape index (κ2) is 6.74. The van der Waals surface area contributed by atoms with E-state index in [2.05, 4.69) is 5.32 Å². The summed E-state index contributed by atoms with van der Waals surface area (Å²) in [5, 5.41) is 3.09. The van der Waals surface area contributed by atoms with Crippen LogP contribution in [0, 0.1) is 0 Å². The van der Waals surface area contributed by atoms with Crippen molar-refractivity contribution in [3.63, 3.8) is 0 Å². The Balaban J connectivity index is 2.18. The van der Waals surface area contributed by atoms with E-state index in [1.54, 1.807) is 6.07 Å². The molecule has 0 spiro atoms. The van der Waals surface area contributed by atoms with E-state index < -0.39 is 17.8 Å². The molecule has 3 N–H and O–H groups in total. The largest absolute Gasteiger partial charge is 0.416 e. The summed E-state index contributed by atoms with van der Waals surface area (Å²) in [4.78, 5) is 0. The Hall–Kier alpha value is -1.85. The molecule has 2 rings (SSSR count). The first-order valence-electron chi connectivity index (χ1n) is 6.66. The smallest absolute Gasteiger partial charge is 0.329 e. The SMILES string of the molecule is NCC(NCc1ccccc1)c1ccccc1C(F)(F)F. The summed E-state index contributed by atoms with van der Waals surface area (Å²) in [6.45, 7) is 0.564. The number of nitrogens with one attached hydrogen (secondary N) is 1. The highest BCUT2D eigenvalue weighted by atomic mass is 19.4. The standard InChI is InChI=1S/C16H17F3N2/c17-16(18,19)14-9-5-4-8-13(14)15(10-20)21-11-12-6-2-1-3-7-12/h1-9,15,21H,10-11,20H2. The maximum atomic E-state index is 13.0. The number of nitrogens with two attached hydrogens (primary N) is 1. The van der Waals surface area contributed by atoms with Crippen molar-refractivity contribution in [1.29, 1.82) is 0 Å². The molecule has 0 saturated heterocycles. The van der Waals surface area contributed by atoms with Gasteiger partial charge in [0.15, 0.2) is 0 Å². The van der Waals surface area contributed by atoms with Gasteiger partial charge < -0.3 is 11.1 Å². The first kappa shape index (κ1) is 15.5. The average molecular weight is 294 g/mol. The molecule has 0 bridgehead atoms. The lowest BCUT2D eigenvalue weighted by molar-refractivity contribution is -0.138. The number of hydrogen-bond donors (Lipinski definition) is 2. The zero-order valence-corrected chi connectivity index (χ0v) is 11.4. The van der Waals surface area contributed by atoms with Gasteiger partial charge in [0.1, 0.15) is 0 Å². The highest BCUT2D eigenvalue weighted by molar-refractivity contribution is 5.32. The molecule has 0 aliphatic carbocycles. The van der Waals surface area contributed by atoms with Gasteiger partial charge in [0.25, 0.3) is 0 Å². The maximum absolute atomic E-state index is 13.0. The summed E-state index contributed by atoms with van der Waals surface area (Å²) >= 11 is 0. The van der Waals surface area contributed by atoms with Gasteiger partial charge in [-0.1, -0.05) is 48.5 Å². The second-order valence-corrected chi connectivity index (χ2v) is 4.74. The molecule has 0 aliphatic rings. The molecule has 0 heterocycles. The zero-order valence-electron chi connectivity index (χ0n) is 11.4. The highest BCUT2D eigenvalue weighted by Gasteiger charge is 2.34. The van der Waals surface area contributed by atoms with E-state index in [9.17, 15) is 13.2 Å². The van der Waals surface area contributed by atoms with E-state index in [0.29, 0.717) is 6.54 Å². The molecule has 2 aromatic carbocycles. The van der Waals surface area contributed by atoms with Gasteiger partial charge in [0, 0.05) is 19.1 Å². The van der Waals surface area contributed by atoms with Crippen LogP contribution in [0.15, 0.2) is 54.6 Å². The van der Waals surface area contributed by atoms with Crippen molar-refractivity contribution in [1.82, 2.24) is 5.32 Å². The fourth-order valence-electron chi connectivity index (χ4n) is 2.22. The average Bonchev–Trinajstić information content (AvgIpc) is 2.48. The molecular weight excluding hydrogens is 277 g/mol. The van der Waals surface area contributed by atoms with Crippen LogP contribution >= 0.6 is 0 Å². The Morgan fingerprint density at radius 3 is 2.19 bits per heavy atom. The fourth-order valence-corrected chi connectivity index (χ4v) is 2.22. The van der Waals surface area contributed by atoms with Crippen LogP contribution in [-0.4, -0.2) is 6.54 Å². The third kappa shape index (κ3) is 4.06. The van der Waals surface area contributed by atoms with E-state index in [-0.39, 0.29) is 12.1 Å². The zero-order chi connectivity index (χ0) is 15.3. The van der Waals surface area contributed by atoms with E-state index in [1.165, 1.54) is 12.1 Å². The third-order valence-electron chi connectivity index (χ3n) is 3.27. The van der Waals surface area contributed by atoms with Crippen LogP contribution in [0.5, 0.6) is 0 Å². The molecule has 5 heteroatoms. The summed E-state index contributed by atoms with van der Waals surface area (Å²) in [6, 6.07) is 14.5. The summed E-state index contributed by atoms with van der Waals surface area (Å²) in [5.74, 6) is 0. The minimum Gasteiger partial charge on any atom is -0.329 e. The van der Waals surface area contributed by atoms with Crippen molar-refractivity contribution in [2.75, 3.05) is 6.54 Å². The number of rotatable bonds is 5. The van der Waals surface area contributed by atoms with Gasteiger partial charge in [-0.3, -0.25) is 0 Å². The van der Waals surface area contributed by atoms with Gasteiger partial charge in [0.05, 0.1) is 5.56 Å². The minimum absolute atomic E-state index is 0.0971. The van der Waals surface area contributed by atoms with E-state index >= 15 is 0 Å². The summed E-state index contributed by atoms with van der Waals surface area (Å²) < 4.78 is 39.1. The van der Waals surface area contributed by atoms with E-state index in [0.717, 1.165) is 11.6 Å². The first-order valence-corrected chi connectivity index (χ1v) is 6.66. The lowest BCUT2D eigenvalue weighted by Crippen LogP contribution is -2.29. The summed E-state index contributed by atoms with van der Waals surface area (Å²) in [6.07, 6.45) is -4.38. The van der Waals surface area contributed by atoms with Gasteiger partial charge in [-0.25, -0.2) is 0 Å². The topological polar surface area (TPSA) is 38.0 Å². The molecule has 0 aliphatic heterocycles. The molecule has 1 atom stereocenters. The van der Waals surface area contributed by atoms with Crippen molar-refractivity contribution in [3.8, 4) is 0 Å². The molecule has 0 aromatic heterocycles. The number of benzene rings is 2. The molecule has 0 saturated carbocycles. The van der Waals surface area contributed by atoms with Gasteiger partial charge in [-0.2, -0.15) is 13.2 Å². The summed E-state index contributed by atoms with van der Waals surface area (Å²) in [7, 11) is 0. The van der Waals surface area contributed by atoms with Crippen LogP contribution in [0.4, 0.5) is 13.2 Å². The Morgan fingerprint density at radius 1 is 0.952 bits per heavy atom. The molecule has 0 fully saturated rings. The van der Waals surface area contributed by atoms with Crippen molar-refractivity contribution < 1.29 is 13.2 Å². The molecule has 2 nitrogen and oxygen atoms in total. The first-order chi connectivity index (χ1) is 10.0. The van der Waals surface area contributed by atoms with Gasteiger partial charge in [0.2, 0.25) is 0 Å². The van der Waals surface area contributed by atoms with Gasteiger partial charge >= 0.3 is 6.18 Å². The van der Waals surface area contributed by atoms with Crippen LogP contribution in [0.3, 0.4) is 0 Å². The Labute approximate surface area is 121 Å². The van der Waals surface area contributed by atoms with Gasteiger partial charge in [-0.15, -0.1) is 0 Å². The summed E-state index contributed by atoms with van der Waals surface area (Å²) in [5.41, 5.74) is 6.20. The lowest BCUT2D eigenvalue weighted by Gasteiger charge is -2.21. The molecule has 0 radical (unpaired) electrons. The second-order valence-electron chi connectivity index (χ2n) is 4.74. The van der Waals surface area contributed by atoms with Crippen molar-refractivity contribution >= 4 is 0 Å². The van der Waals surface area contributed by atoms with Crippen molar-refractivity contribution in [2.24, 2.45) is 5.73 Å². The predicted molar refractivity (Wildman–Crippen MR) is 76.5 cm³/mol. The minimum atomic E-state index is -4.38. The molecular formula is C16H17F3N2. The normalized spacial score (nSPS) is 13.1. The lowest BCUT2D eigenvalue weighted by atomic mass is 9.99. The van der Waals surface area contributed by atoms with E-state index in [1.807, 2.05) is 30.3 Å². The Bertz CT molecular complexity index is 567. The van der Waals surface area contributed by atoms with E-state index in [4.69, 9.17) is 5.73 Å². The predicted octanol–water partition coefficient (Wildman–Crippen LogP) is 3.50. The Kier molecular flexibility index (Phi) is 4.98. The van der Waals surface area contributed by atoms with Crippen molar-refractivity contribution in [3.05, 3.63) is 71.3 Å². The number of halogens is 3. The van der Waals surface area contributed by atoms with Gasteiger partial charge in [-0.05, 0) is 17.2 Å². The highest BCUT2D eigenvalue weighted by Crippen LogP contribution is 2.34. The molecule has 112 valence electrons. The monoisotopic (exact) mass is 294 g/mol. The molecule has 2 aromatic rings. The molecule has 21 heavy (non-hydrogen) atoms. The van der Waals surface area contributed by atoms with Crippen molar-refractivity contribution in [2.45, 2.75) is 18.8 Å². The van der Waals surface area contributed by atoms with Crippen LogP contribution in [0.2, 0.25) is 0 Å². The van der Waals surface area contributed by atoms with Crippen LogP contribution in [0.1, 0.15) is 22.7 Å². The van der Waals surface area contributed by atoms with Crippen LogP contribution < -0.4 is 11.1 Å². The third-order valence-corrected chi connectivity index (χ3v) is 3.27. The van der Waals surface area contributed by atoms with Crippen LogP contribution in [0.25, 0.3) is 0 Å².